The number of amides is 3. The highest BCUT2D eigenvalue weighted by molar-refractivity contribution is 8.14. The Bertz CT molecular complexity index is 737. The van der Waals surface area contributed by atoms with E-state index < -0.39 is 5.41 Å². The van der Waals surface area contributed by atoms with Crippen molar-refractivity contribution in [2.75, 3.05) is 18.8 Å². The van der Waals surface area contributed by atoms with E-state index in [-0.39, 0.29) is 28.8 Å². The van der Waals surface area contributed by atoms with E-state index in [9.17, 15) is 14.4 Å². The molecule has 3 amide bonds. The molecular formula is C20H23ClN2O3S. The van der Waals surface area contributed by atoms with Crippen LogP contribution in [0.15, 0.2) is 24.3 Å². The molecule has 0 N–H and O–H groups in total. The van der Waals surface area contributed by atoms with Crippen molar-refractivity contribution in [3.8, 4) is 0 Å². The first kappa shape index (κ1) is 18.8. The molecule has 0 aromatic heterocycles. The fraction of sp³-hybridized carbons (Fsp3) is 0.550. The summed E-state index contributed by atoms with van der Waals surface area (Å²) >= 11 is 7.12. The first-order chi connectivity index (χ1) is 13.0. The molecule has 5 nitrogen and oxygen atoms in total. The number of likely N-dealkylation sites (tertiary alicyclic amines) is 1. The molecule has 1 aromatic carbocycles. The lowest BCUT2D eigenvalue weighted by atomic mass is 9.77. The van der Waals surface area contributed by atoms with E-state index in [1.54, 1.807) is 0 Å². The number of benzene rings is 1. The molecule has 7 heteroatoms. The molecule has 4 rings (SSSR count). The average Bonchev–Trinajstić information content (AvgIpc) is 3.30. The van der Waals surface area contributed by atoms with E-state index >= 15 is 0 Å². The van der Waals surface area contributed by atoms with Gasteiger partial charge in [0.2, 0.25) is 11.8 Å². The zero-order valence-electron chi connectivity index (χ0n) is 15.2. The number of thioether (sulfide) groups is 1. The summed E-state index contributed by atoms with van der Waals surface area (Å²) in [5, 5.41) is 0.538. The van der Waals surface area contributed by atoms with Gasteiger partial charge >= 0.3 is 0 Å². The van der Waals surface area contributed by atoms with Crippen molar-refractivity contribution < 1.29 is 14.4 Å². The van der Waals surface area contributed by atoms with Crippen LogP contribution in [0, 0.1) is 0 Å². The van der Waals surface area contributed by atoms with Gasteiger partial charge in [-0.05, 0) is 43.4 Å². The predicted octanol–water partition coefficient (Wildman–Crippen LogP) is 3.84. The zero-order valence-corrected chi connectivity index (χ0v) is 16.7. The zero-order chi connectivity index (χ0) is 19.0. The number of carbonyl (C=O) groups is 3. The van der Waals surface area contributed by atoms with E-state index in [4.69, 9.17) is 11.6 Å². The largest absolute Gasteiger partial charge is 0.342 e. The smallest absolute Gasteiger partial charge is 0.289 e. The van der Waals surface area contributed by atoms with Gasteiger partial charge in [-0.1, -0.05) is 48.3 Å². The Balaban J connectivity index is 1.48. The van der Waals surface area contributed by atoms with Gasteiger partial charge in [-0.25, -0.2) is 0 Å². The summed E-state index contributed by atoms with van der Waals surface area (Å²) < 4.78 is 0. The first-order valence-corrected chi connectivity index (χ1v) is 10.9. The molecule has 144 valence electrons. The van der Waals surface area contributed by atoms with Crippen molar-refractivity contribution in [2.24, 2.45) is 0 Å². The van der Waals surface area contributed by atoms with Crippen molar-refractivity contribution >= 4 is 40.4 Å². The minimum Gasteiger partial charge on any atom is -0.342 e. The van der Waals surface area contributed by atoms with Crippen molar-refractivity contribution in [3.63, 3.8) is 0 Å². The summed E-state index contributed by atoms with van der Waals surface area (Å²) in [6, 6.07) is 7.62. The van der Waals surface area contributed by atoms with E-state index in [0.29, 0.717) is 31.0 Å². The third-order valence-corrected chi connectivity index (χ3v) is 7.25. The molecule has 0 atom stereocenters. The molecular weight excluding hydrogens is 384 g/mol. The van der Waals surface area contributed by atoms with Crippen LogP contribution in [0.3, 0.4) is 0 Å². The van der Waals surface area contributed by atoms with Crippen LogP contribution in [0.1, 0.15) is 44.1 Å². The van der Waals surface area contributed by atoms with Gasteiger partial charge in [-0.3, -0.25) is 19.3 Å². The molecule has 27 heavy (non-hydrogen) atoms. The molecule has 2 saturated heterocycles. The Hall–Kier alpha value is -1.53. The maximum atomic E-state index is 13.5. The number of nitrogens with zero attached hydrogens (tertiary/aromatic N) is 2. The minimum atomic E-state index is -0.452. The second-order valence-corrected chi connectivity index (χ2v) is 9.00. The maximum absolute atomic E-state index is 13.5. The number of piperidine rings is 1. The molecule has 1 aromatic rings. The summed E-state index contributed by atoms with van der Waals surface area (Å²) in [7, 11) is 0. The fourth-order valence-electron chi connectivity index (χ4n) is 4.72. The lowest BCUT2D eigenvalue weighted by molar-refractivity contribution is -0.139. The van der Waals surface area contributed by atoms with Crippen LogP contribution in [0.25, 0.3) is 0 Å². The fourth-order valence-corrected chi connectivity index (χ4v) is 5.62. The number of carbonyl (C=O) groups excluding carboxylic acids is 3. The van der Waals surface area contributed by atoms with Crippen LogP contribution >= 0.6 is 23.4 Å². The standard InChI is InChI=1S/C20H23ClN2O3S/c21-15-5-3-14(4-6-15)20(9-1-2-10-20)18(25)22-11-7-16(8-12-22)23-17(24)13-27-19(23)26/h3-6,16H,1-2,7-13H2. The molecule has 1 aliphatic carbocycles. The molecule has 2 aliphatic heterocycles. The van der Waals surface area contributed by atoms with Crippen LogP contribution < -0.4 is 0 Å². The summed E-state index contributed by atoms with van der Waals surface area (Å²) in [6.07, 6.45) is 5.18. The first-order valence-electron chi connectivity index (χ1n) is 9.55. The van der Waals surface area contributed by atoms with Crippen LogP contribution in [0.2, 0.25) is 5.02 Å². The average molecular weight is 407 g/mol. The summed E-state index contributed by atoms with van der Waals surface area (Å²) in [5.74, 6) is 0.343. The van der Waals surface area contributed by atoms with Crippen LogP contribution in [-0.4, -0.2) is 51.7 Å². The van der Waals surface area contributed by atoms with E-state index in [1.165, 1.54) is 4.90 Å². The Labute approximate surface area is 168 Å². The topological polar surface area (TPSA) is 57.7 Å². The van der Waals surface area contributed by atoms with Crippen molar-refractivity contribution in [1.82, 2.24) is 9.80 Å². The predicted molar refractivity (Wildman–Crippen MR) is 106 cm³/mol. The SMILES string of the molecule is O=C1CSC(=O)N1C1CCN(C(=O)C2(c3ccc(Cl)cc3)CCCC2)CC1. The Kier molecular flexibility index (Phi) is 5.21. The normalized spacial score (nSPS) is 23.3. The quantitative estimate of drug-likeness (QED) is 0.765. The Morgan fingerprint density at radius 3 is 2.26 bits per heavy atom. The van der Waals surface area contributed by atoms with Crippen molar-refractivity contribution in [1.29, 1.82) is 0 Å². The number of hydrogen-bond donors (Lipinski definition) is 0. The molecule has 0 radical (unpaired) electrons. The Morgan fingerprint density at radius 1 is 1.07 bits per heavy atom. The van der Waals surface area contributed by atoms with Crippen LogP contribution in [0.5, 0.6) is 0 Å². The highest BCUT2D eigenvalue weighted by Crippen LogP contribution is 2.43. The molecule has 1 saturated carbocycles. The number of rotatable bonds is 3. The van der Waals surface area contributed by atoms with Gasteiger partial charge in [0, 0.05) is 24.2 Å². The second-order valence-electron chi connectivity index (χ2n) is 7.64. The molecule has 3 aliphatic rings. The van der Waals surface area contributed by atoms with Crippen LogP contribution in [0.4, 0.5) is 4.79 Å². The van der Waals surface area contributed by atoms with Gasteiger partial charge in [-0.15, -0.1) is 0 Å². The molecule has 0 unspecified atom stereocenters. The lowest BCUT2D eigenvalue weighted by Gasteiger charge is -2.40. The highest BCUT2D eigenvalue weighted by Gasteiger charge is 2.46. The minimum absolute atomic E-state index is 0.0703. The van der Waals surface area contributed by atoms with E-state index in [1.807, 2.05) is 29.2 Å². The van der Waals surface area contributed by atoms with E-state index in [0.717, 1.165) is 43.0 Å². The van der Waals surface area contributed by atoms with Gasteiger partial charge < -0.3 is 4.90 Å². The van der Waals surface area contributed by atoms with Crippen LogP contribution in [-0.2, 0) is 15.0 Å². The van der Waals surface area contributed by atoms with Gasteiger partial charge in [0.05, 0.1) is 11.2 Å². The Morgan fingerprint density at radius 2 is 1.70 bits per heavy atom. The molecule has 2 heterocycles. The van der Waals surface area contributed by atoms with Crippen molar-refractivity contribution in [3.05, 3.63) is 34.9 Å². The van der Waals surface area contributed by atoms with E-state index in [2.05, 4.69) is 0 Å². The summed E-state index contributed by atoms with van der Waals surface area (Å²) in [4.78, 5) is 40.8. The van der Waals surface area contributed by atoms with Gasteiger partial charge in [0.15, 0.2) is 0 Å². The number of imide groups is 1. The molecule has 0 bridgehead atoms. The third-order valence-electron chi connectivity index (χ3n) is 6.16. The second kappa shape index (κ2) is 7.47. The molecule has 3 fully saturated rings. The van der Waals surface area contributed by atoms with Crippen molar-refractivity contribution in [2.45, 2.75) is 50.0 Å². The number of hydrogen-bond acceptors (Lipinski definition) is 4. The number of halogens is 1. The maximum Gasteiger partial charge on any atom is 0.289 e. The summed E-state index contributed by atoms with van der Waals surface area (Å²) in [6.45, 7) is 1.20. The highest BCUT2D eigenvalue weighted by atomic mass is 35.5. The van der Waals surface area contributed by atoms with Gasteiger partial charge in [0.1, 0.15) is 0 Å². The molecule has 0 spiro atoms. The lowest BCUT2D eigenvalue weighted by Crippen LogP contribution is -2.52. The monoisotopic (exact) mass is 406 g/mol. The summed E-state index contributed by atoms with van der Waals surface area (Å²) in [5.41, 5.74) is 0.602. The van der Waals surface area contributed by atoms with Gasteiger partial charge in [0.25, 0.3) is 5.24 Å². The third kappa shape index (κ3) is 3.38. The van der Waals surface area contributed by atoms with Gasteiger partial charge in [-0.2, -0.15) is 0 Å².